The molecule has 0 aliphatic carbocycles. The number of H-pyrrole nitrogens is 1. The zero-order chi connectivity index (χ0) is 18.1. The van der Waals surface area contributed by atoms with Crippen molar-refractivity contribution in [1.29, 1.82) is 0 Å². The number of ketones is 1. The molecule has 0 saturated heterocycles. The van der Waals surface area contributed by atoms with Crippen molar-refractivity contribution in [3.05, 3.63) is 69.0 Å². The number of benzene rings is 2. The Morgan fingerprint density at radius 1 is 1.12 bits per heavy atom. The summed E-state index contributed by atoms with van der Waals surface area (Å²) in [7, 11) is 0. The molecule has 0 radical (unpaired) electrons. The average Bonchev–Trinajstić information content (AvgIpc) is 2.56. The summed E-state index contributed by atoms with van der Waals surface area (Å²) < 4.78 is 0. The molecule has 6 nitrogen and oxygen atoms in total. The molecule has 2 aromatic carbocycles. The van der Waals surface area contributed by atoms with Gasteiger partial charge in [-0.1, -0.05) is 11.6 Å². The van der Waals surface area contributed by atoms with E-state index in [1.165, 1.54) is 25.1 Å². The van der Waals surface area contributed by atoms with E-state index in [4.69, 9.17) is 11.6 Å². The minimum absolute atomic E-state index is 0.0770. The summed E-state index contributed by atoms with van der Waals surface area (Å²) in [4.78, 5) is 38.5. The predicted octanol–water partition coefficient (Wildman–Crippen LogP) is 3.34. The molecule has 7 heteroatoms. The number of fused-ring (bicyclic) bond motifs is 1. The number of carbonyl (C=O) groups is 2. The molecule has 0 fully saturated rings. The van der Waals surface area contributed by atoms with Crippen LogP contribution < -0.4 is 10.9 Å². The van der Waals surface area contributed by atoms with Crippen LogP contribution in [-0.4, -0.2) is 21.8 Å². The SMILES string of the molecule is CC(=O)c1ccc(O)c(NC(=O)c2cc(=O)[nH]c3ccc(Cl)cc23)c1. The number of nitrogens with one attached hydrogen (secondary N) is 2. The second kappa shape index (κ2) is 6.41. The number of aromatic hydroxyl groups is 1. The van der Waals surface area contributed by atoms with Gasteiger partial charge in [-0.25, -0.2) is 0 Å². The number of aromatic amines is 1. The third kappa shape index (κ3) is 3.39. The molecule has 0 aliphatic rings. The largest absolute Gasteiger partial charge is 0.506 e. The van der Waals surface area contributed by atoms with Gasteiger partial charge >= 0.3 is 0 Å². The Bertz CT molecular complexity index is 1070. The molecule has 0 aliphatic heterocycles. The van der Waals surface area contributed by atoms with Crippen LogP contribution in [0.4, 0.5) is 5.69 Å². The lowest BCUT2D eigenvalue weighted by atomic mass is 10.1. The standard InChI is InChI=1S/C18H13ClN2O4/c1-9(22)10-2-5-16(23)15(6-10)21-18(25)13-8-17(24)20-14-4-3-11(19)7-12(13)14/h2-8,23H,1H3,(H,20,24)(H,21,25). The first-order valence-corrected chi connectivity index (χ1v) is 7.71. The Balaban J connectivity index is 2.06. The molecule has 1 aromatic heterocycles. The van der Waals surface area contributed by atoms with Gasteiger partial charge in [-0.3, -0.25) is 14.4 Å². The maximum Gasteiger partial charge on any atom is 0.256 e. The zero-order valence-electron chi connectivity index (χ0n) is 13.1. The summed E-state index contributed by atoms with van der Waals surface area (Å²) >= 11 is 5.97. The van der Waals surface area contributed by atoms with E-state index in [1.54, 1.807) is 18.2 Å². The van der Waals surface area contributed by atoms with E-state index < -0.39 is 11.5 Å². The van der Waals surface area contributed by atoms with Crippen LogP contribution in [0.25, 0.3) is 10.9 Å². The van der Waals surface area contributed by atoms with Crippen molar-refractivity contribution in [2.24, 2.45) is 0 Å². The molecule has 3 rings (SSSR count). The molecule has 1 amide bonds. The average molecular weight is 357 g/mol. The van der Waals surface area contributed by atoms with E-state index in [-0.39, 0.29) is 22.8 Å². The summed E-state index contributed by atoms with van der Waals surface area (Å²) in [5.41, 5.74) is 0.541. The van der Waals surface area contributed by atoms with Crippen LogP contribution in [0.3, 0.4) is 0 Å². The second-order valence-corrected chi connectivity index (χ2v) is 5.92. The first-order valence-electron chi connectivity index (χ1n) is 7.33. The summed E-state index contributed by atoms with van der Waals surface area (Å²) in [6.07, 6.45) is 0. The van der Waals surface area contributed by atoms with Gasteiger partial charge in [0.15, 0.2) is 5.78 Å². The van der Waals surface area contributed by atoms with Crippen molar-refractivity contribution in [1.82, 2.24) is 4.98 Å². The number of phenols is 1. The lowest BCUT2D eigenvalue weighted by molar-refractivity contribution is 0.101. The third-order valence-corrected chi connectivity index (χ3v) is 3.94. The Labute approximate surface area is 147 Å². The predicted molar refractivity (Wildman–Crippen MR) is 95.6 cm³/mol. The molecule has 0 spiro atoms. The Morgan fingerprint density at radius 3 is 2.60 bits per heavy atom. The van der Waals surface area contributed by atoms with Gasteiger partial charge in [0.05, 0.1) is 11.3 Å². The van der Waals surface area contributed by atoms with Gasteiger partial charge < -0.3 is 15.4 Å². The van der Waals surface area contributed by atoms with E-state index >= 15 is 0 Å². The number of halogens is 1. The topological polar surface area (TPSA) is 99.3 Å². The molecule has 126 valence electrons. The molecular formula is C18H13ClN2O4. The maximum atomic E-state index is 12.6. The number of aromatic nitrogens is 1. The summed E-state index contributed by atoms with van der Waals surface area (Å²) in [5, 5.41) is 13.3. The lowest BCUT2D eigenvalue weighted by Crippen LogP contribution is -2.17. The van der Waals surface area contributed by atoms with Crippen molar-refractivity contribution in [3.63, 3.8) is 0 Å². The maximum absolute atomic E-state index is 12.6. The Hall–Kier alpha value is -3.12. The highest BCUT2D eigenvalue weighted by Gasteiger charge is 2.15. The fourth-order valence-corrected chi connectivity index (χ4v) is 2.63. The van der Waals surface area contributed by atoms with Crippen molar-refractivity contribution in [2.75, 3.05) is 5.32 Å². The fraction of sp³-hybridized carbons (Fsp3) is 0.0556. The Morgan fingerprint density at radius 2 is 1.88 bits per heavy atom. The first kappa shape index (κ1) is 16.7. The Kier molecular flexibility index (Phi) is 4.29. The minimum Gasteiger partial charge on any atom is -0.506 e. The highest BCUT2D eigenvalue weighted by atomic mass is 35.5. The van der Waals surface area contributed by atoms with Crippen LogP contribution in [0, 0.1) is 0 Å². The molecule has 0 bridgehead atoms. The lowest BCUT2D eigenvalue weighted by Gasteiger charge is -2.10. The molecule has 25 heavy (non-hydrogen) atoms. The van der Waals surface area contributed by atoms with Crippen molar-refractivity contribution in [3.8, 4) is 5.75 Å². The summed E-state index contributed by atoms with van der Waals surface area (Å²) in [6.45, 7) is 1.38. The molecular weight excluding hydrogens is 344 g/mol. The van der Waals surface area contributed by atoms with E-state index in [1.807, 2.05) is 0 Å². The van der Waals surface area contributed by atoms with Gasteiger partial charge in [0.1, 0.15) is 5.75 Å². The zero-order valence-corrected chi connectivity index (χ0v) is 13.8. The number of anilines is 1. The number of phenolic OH excluding ortho intramolecular Hbond substituents is 1. The normalized spacial score (nSPS) is 10.6. The van der Waals surface area contributed by atoms with Gasteiger partial charge in [0.2, 0.25) is 5.56 Å². The van der Waals surface area contributed by atoms with Crippen LogP contribution in [0.15, 0.2) is 47.3 Å². The quantitative estimate of drug-likeness (QED) is 0.495. The molecule has 3 N–H and O–H groups in total. The number of rotatable bonds is 3. The van der Waals surface area contributed by atoms with Crippen LogP contribution in [-0.2, 0) is 0 Å². The van der Waals surface area contributed by atoms with E-state index in [9.17, 15) is 19.5 Å². The number of pyridine rings is 1. The van der Waals surface area contributed by atoms with Gasteiger partial charge in [0, 0.05) is 27.6 Å². The molecule has 0 atom stereocenters. The highest BCUT2D eigenvalue weighted by Crippen LogP contribution is 2.26. The second-order valence-electron chi connectivity index (χ2n) is 5.48. The number of hydrogen-bond acceptors (Lipinski definition) is 4. The third-order valence-electron chi connectivity index (χ3n) is 3.70. The fourth-order valence-electron chi connectivity index (χ4n) is 2.46. The van der Waals surface area contributed by atoms with Crippen molar-refractivity contribution < 1.29 is 14.7 Å². The highest BCUT2D eigenvalue weighted by molar-refractivity contribution is 6.31. The van der Waals surface area contributed by atoms with Gasteiger partial charge in [-0.2, -0.15) is 0 Å². The van der Waals surface area contributed by atoms with E-state index in [0.29, 0.717) is 21.5 Å². The van der Waals surface area contributed by atoms with Gasteiger partial charge in [-0.05, 0) is 43.3 Å². The first-order chi connectivity index (χ1) is 11.8. The van der Waals surface area contributed by atoms with E-state index in [0.717, 1.165) is 6.07 Å². The monoisotopic (exact) mass is 356 g/mol. The van der Waals surface area contributed by atoms with Crippen LogP contribution >= 0.6 is 11.6 Å². The van der Waals surface area contributed by atoms with Gasteiger partial charge in [-0.15, -0.1) is 0 Å². The minimum atomic E-state index is -0.602. The van der Waals surface area contributed by atoms with Crippen LogP contribution in [0.1, 0.15) is 27.6 Å². The number of Topliss-reactive ketones (excluding diaryl/α,β-unsaturated/α-hetero) is 1. The molecule has 0 saturated carbocycles. The van der Waals surface area contributed by atoms with Crippen LogP contribution in [0.5, 0.6) is 5.75 Å². The van der Waals surface area contributed by atoms with Crippen molar-refractivity contribution in [2.45, 2.75) is 6.92 Å². The molecule has 3 aromatic rings. The smallest absolute Gasteiger partial charge is 0.256 e. The van der Waals surface area contributed by atoms with Crippen LogP contribution in [0.2, 0.25) is 5.02 Å². The number of amides is 1. The number of carbonyl (C=O) groups excluding carboxylic acids is 2. The van der Waals surface area contributed by atoms with Gasteiger partial charge in [0.25, 0.3) is 5.91 Å². The van der Waals surface area contributed by atoms with Crippen molar-refractivity contribution >= 4 is 39.9 Å². The number of hydrogen-bond donors (Lipinski definition) is 3. The molecule has 0 unspecified atom stereocenters. The van der Waals surface area contributed by atoms with E-state index in [2.05, 4.69) is 10.3 Å². The summed E-state index contributed by atoms with van der Waals surface area (Å²) in [5.74, 6) is -0.996. The summed E-state index contributed by atoms with van der Waals surface area (Å²) in [6, 6.07) is 10.1. The molecule has 1 heterocycles.